The average molecular weight is 320 g/mol. The first kappa shape index (κ1) is 16.1. The molecule has 0 aromatic heterocycles. The molecular weight excluding hydrogens is 301 g/mol. The van der Waals surface area contributed by atoms with Crippen LogP contribution in [-0.4, -0.2) is 0 Å². The second-order valence-corrected chi connectivity index (χ2v) is 6.29. The molecule has 2 rings (SSSR count). The summed E-state index contributed by atoms with van der Waals surface area (Å²) in [7, 11) is 0. The van der Waals surface area contributed by atoms with Crippen molar-refractivity contribution in [1.29, 1.82) is 0 Å². The van der Waals surface area contributed by atoms with Crippen molar-refractivity contribution < 1.29 is 0 Å². The van der Waals surface area contributed by atoms with Crippen molar-refractivity contribution in [3.8, 4) is 0 Å². The van der Waals surface area contributed by atoms with E-state index < -0.39 is 5.54 Å². The van der Waals surface area contributed by atoms with Crippen LogP contribution in [0.15, 0.2) is 61.2 Å². The summed E-state index contributed by atoms with van der Waals surface area (Å²) in [5.41, 5.74) is 8.28. The van der Waals surface area contributed by atoms with Gasteiger partial charge in [0, 0.05) is 21.5 Å². The first-order valence-electron chi connectivity index (χ1n) is 6.86. The third-order valence-electron chi connectivity index (χ3n) is 3.84. The van der Waals surface area contributed by atoms with Crippen LogP contribution >= 0.6 is 23.2 Å². The van der Waals surface area contributed by atoms with E-state index in [-0.39, 0.29) is 5.92 Å². The van der Waals surface area contributed by atoms with Crippen molar-refractivity contribution >= 4 is 23.2 Å². The van der Waals surface area contributed by atoms with Crippen molar-refractivity contribution in [2.24, 2.45) is 5.73 Å². The zero-order valence-corrected chi connectivity index (χ0v) is 13.5. The zero-order chi connectivity index (χ0) is 15.5. The normalized spacial score (nSPS) is 15.2. The Labute approximate surface area is 136 Å². The fourth-order valence-electron chi connectivity index (χ4n) is 2.63. The van der Waals surface area contributed by atoms with Crippen LogP contribution in [0, 0.1) is 0 Å². The van der Waals surface area contributed by atoms with Gasteiger partial charge in [-0.25, -0.2) is 0 Å². The molecule has 0 heterocycles. The van der Waals surface area contributed by atoms with Crippen LogP contribution in [0.4, 0.5) is 0 Å². The Kier molecular flexibility index (Phi) is 5.10. The summed E-state index contributed by atoms with van der Waals surface area (Å²) in [6.07, 6.45) is 2.67. The van der Waals surface area contributed by atoms with E-state index in [2.05, 4.69) is 12.6 Å². The lowest BCUT2D eigenvalue weighted by molar-refractivity contribution is 0.390. The molecule has 0 amide bonds. The number of nitrogens with two attached hydrogens (primary N) is 1. The van der Waals surface area contributed by atoms with Crippen LogP contribution < -0.4 is 5.73 Å². The second-order valence-electron chi connectivity index (χ2n) is 5.42. The van der Waals surface area contributed by atoms with E-state index in [4.69, 9.17) is 28.9 Å². The standard InChI is InChI=1S/C18H19Cl2N/c1-3-5-17(13-6-4-7-16(20)12-13)18(2,21)14-8-10-15(19)11-9-14/h3-4,6-12,17H,1,5,21H2,2H3. The van der Waals surface area contributed by atoms with Gasteiger partial charge in [0.15, 0.2) is 0 Å². The lowest BCUT2D eigenvalue weighted by Crippen LogP contribution is -2.39. The summed E-state index contributed by atoms with van der Waals surface area (Å²) in [5.74, 6) is 0.0925. The first-order chi connectivity index (χ1) is 9.95. The molecule has 0 saturated heterocycles. The van der Waals surface area contributed by atoms with Gasteiger partial charge in [0.1, 0.15) is 0 Å². The van der Waals surface area contributed by atoms with E-state index in [9.17, 15) is 0 Å². The minimum absolute atomic E-state index is 0.0925. The first-order valence-corrected chi connectivity index (χ1v) is 7.62. The monoisotopic (exact) mass is 319 g/mol. The van der Waals surface area contributed by atoms with Crippen molar-refractivity contribution in [3.05, 3.63) is 82.4 Å². The van der Waals surface area contributed by atoms with Crippen molar-refractivity contribution in [2.75, 3.05) is 0 Å². The van der Waals surface area contributed by atoms with Crippen LogP contribution in [0.5, 0.6) is 0 Å². The number of hydrogen-bond acceptors (Lipinski definition) is 1. The fourth-order valence-corrected chi connectivity index (χ4v) is 2.95. The predicted molar refractivity (Wildman–Crippen MR) is 92.0 cm³/mol. The summed E-state index contributed by atoms with van der Waals surface area (Å²) < 4.78 is 0. The quantitative estimate of drug-likeness (QED) is 0.721. The Morgan fingerprint density at radius 3 is 2.38 bits per heavy atom. The number of allylic oxidation sites excluding steroid dienone is 1. The van der Waals surface area contributed by atoms with E-state index in [0.29, 0.717) is 10.0 Å². The van der Waals surface area contributed by atoms with E-state index in [1.807, 2.05) is 55.5 Å². The largest absolute Gasteiger partial charge is 0.321 e. The number of halogens is 2. The number of hydrogen-bond donors (Lipinski definition) is 1. The molecule has 2 atom stereocenters. The minimum Gasteiger partial charge on any atom is -0.321 e. The summed E-state index contributed by atoms with van der Waals surface area (Å²) in [6.45, 7) is 5.89. The maximum Gasteiger partial charge on any atom is 0.0453 e. The summed E-state index contributed by atoms with van der Waals surface area (Å²) in [4.78, 5) is 0. The Hall–Kier alpha value is -1.28. The number of benzene rings is 2. The molecule has 3 heteroatoms. The highest BCUT2D eigenvalue weighted by Crippen LogP contribution is 2.38. The molecular formula is C18H19Cl2N. The Balaban J connectivity index is 2.45. The van der Waals surface area contributed by atoms with Crippen LogP contribution in [0.25, 0.3) is 0 Å². The summed E-state index contributed by atoms with van der Waals surface area (Å²) >= 11 is 12.1. The van der Waals surface area contributed by atoms with Gasteiger partial charge in [-0.1, -0.05) is 53.5 Å². The van der Waals surface area contributed by atoms with Crippen LogP contribution in [-0.2, 0) is 5.54 Å². The predicted octanol–water partition coefficient (Wildman–Crippen LogP) is 5.53. The second kappa shape index (κ2) is 6.65. The van der Waals surface area contributed by atoms with Crippen molar-refractivity contribution in [1.82, 2.24) is 0 Å². The molecule has 0 spiro atoms. The minimum atomic E-state index is -0.538. The molecule has 2 N–H and O–H groups in total. The van der Waals surface area contributed by atoms with Gasteiger partial charge < -0.3 is 5.73 Å². The average Bonchev–Trinajstić information content (AvgIpc) is 2.45. The third kappa shape index (κ3) is 3.68. The summed E-state index contributed by atoms with van der Waals surface area (Å²) in [6, 6.07) is 15.5. The molecule has 0 aliphatic rings. The Morgan fingerprint density at radius 1 is 1.14 bits per heavy atom. The molecule has 2 aromatic rings. The van der Waals surface area contributed by atoms with Crippen molar-refractivity contribution in [3.63, 3.8) is 0 Å². The fraction of sp³-hybridized carbons (Fsp3) is 0.222. The molecule has 0 bridgehead atoms. The lowest BCUT2D eigenvalue weighted by Gasteiger charge is -2.35. The Morgan fingerprint density at radius 2 is 1.81 bits per heavy atom. The van der Waals surface area contributed by atoms with E-state index >= 15 is 0 Å². The smallest absolute Gasteiger partial charge is 0.0453 e. The summed E-state index contributed by atoms with van der Waals surface area (Å²) in [5, 5.41) is 1.42. The molecule has 1 nitrogen and oxygen atoms in total. The molecule has 21 heavy (non-hydrogen) atoms. The SMILES string of the molecule is C=CCC(c1cccc(Cl)c1)C(C)(N)c1ccc(Cl)cc1. The van der Waals surface area contributed by atoms with E-state index in [0.717, 1.165) is 17.5 Å². The topological polar surface area (TPSA) is 26.0 Å². The maximum atomic E-state index is 6.67. The van der Waals surface area contributed by atoms with E-state index in [1.54, 1.807) is 0 Å². The molecule has 0 radical (unpaired) electrons. The van der Waals surface area contributed by atoms with E-state index in [1.165, 1.54) is 0 Å². The zero-order valence-electron chi connectivity index (χ0n) is 12.0. The highest BCUT2D eigenvalue weighted by molar-refractivity contribution is 6.30. The van der Waals surface area contributed by atoms with Gasteiger partial charge in [-0.15, -0.1) is 6.58 Å². The van der Waals surface area contributed by atoms with Crippen LogP contribution in [0.2, 0.25) is 10.0 Å². The molecule has 2 aromatic carbocycles. The molecule has 0 fully saturated rings. The maximum absolute atomic E-state index is 6.67. The highest BCUT2D eigenvalue weighted by Gasteiger charge is 2.32. The lowest BCUT2D eigenvalue weighted by atomic mass is 9.75. The molecule has 2 unspecified atom stereocenters. The van der Waals surface area contributed by atoms with Crippen molar-refractivity contribution in [2.45, 2.75) is 24.8 Å². The Bertz CT molecular complexity index is 617. The molecule has 110 valence electrons. The highest BCUT2D eigenvalue weighted by atomic mass is 35.5. The molecule has 0 aliphatic carbocycles. The van der Waals surface area contributed by atoms with Gasteiger partial charge >= 0.3 is 0 Å². The third-order valence-corrected chi connectivity index (χ3v) is 4.33. The van der Waals surface area contributed by atoms with Gasteiger partial charge in [0.2, 0.25) is 0 Å². The van der Waals surface area contributed by atoms with Gasteiger partial charge in [-0.05, 0) is 48.7 Å². The molecule has 0 aliphatic heterocycles. The number of rotatable bonds is 5. The van der Waals surface area contributed by atoms with Gasteiger partial charge in [0.25, 0.3) is 0 Å². The van der Waals surface area contributed by atoms with Gasteiger partial charge in [-0.2, -0.15) is 0 Å². The van der Waals surface area contributed by atoms with Gasteiger partial charge in [-0.3, -0.25) is 0 Å². The van der Waals surface area contributed by atoms with Crippen LogP contribution in [0.1, 0.15) is 30.4 Å². The van der Waals surface area contributed by atoms with Crippen LogP contribution in [0.3, 0.4) is 0 Å². The molecule has 0 saturated carbocycles. The van der Waals surface area contributed by atoms with Gasteiger partial charge in [0.05, 0.1) is 0 Å².